The SMILES string of the molecule is O=C(c1ccccc1)c1cc(Cl)ccc1N=C1C(=O)N(Cc2ccccc2)c2ccccc21. The number of fused-ring (bicyclic) bond motifs is 1. The van der Waals surface area contributed by atoms with Gasteiger partial charge in [-0.3, -0.25) is 9.59 Å². The summed E-state index contributed by atoms with van der Waals surface area (Å²) < 4.78 is 0. The van der Waals surface area contributed by atoms with E-state index in [2.05, 4.69) is 0 Å². The molecule has 4 aromatic rings. The van der Waals surface area contributed by atoms with Crippen molar-refractivity contribution in [1.29, 1.82) is 0 Å². The zero-order valence-corrected chi connectivity index (χ0v) is 18.4. The second-order valence-corrected chi connectivity index (χ2v) is 8.15. The van der Waals surface area contributed by atoms with Gasteiger partial charge < -0.3 is 4.90 Å². The molecule has 4 aromatic carbocycles. The number of benzene rings is 4. The number of rotatable bonds is 5. The molecule has 1 heterocycles. The van der Waals surface area contributed by atoms with E-state index in [4.69, 9.17) is 16.6 Å². The quantitative estimate of drug-likeness (QED) is 0.338. The molecule has 1 aliphatic rings. The minimum absolute atomic E-state index is 0.197. The number of anilines is 1. The molecule has 0 aliphatic carbocycles. The molecular weight excluding hydrogens is 432 g/mol. The highest BCUT2D eigenvalue weighted by Crippen LogP contribution is 2.34. The third-order valence-corrected chi connectivity index (χ3v) is 5.79. The molecule has 0 unspecified atom stereocenters. The fraction of sp³-hybridized carbons (Fsp3) is 0.0357. The minimum Gasteiger partial charge on any atom is -0.302 e. The molecule has 160 valence electrons. The molecule has 0 bridgehead atoms. The second-order valence-electron chi connectivity index (χ2n) is 7.71. The Labute approximate surface area is 196 Å². The largest absolute Gasteiger partial charge is 0.302 e. The number of hydrogen-bond acceptors (Lipinski definition) is 3. The normalized spacial score (nSPS) is 13.9. The number of para-hydroxylation sites is 1. The summed E-state index contributed by atoms with van der Waals surface area (Å²) in [5.41, 5.74) is 4.17. The highest BCUT2D eigenvalue weighted by molar-refractivity contribution is 6.54. The average molecular weight is 451 g/mol. The zero-order valence-electron chi connectivity index (χ0n) is 17.6. The fourth-order valence-corrected chi connectivity index (χ4v) is 4.12. The molecule has 0 N–H and O–H groups in total. The van der Waals surface area contributed by atoms with Crippen LogP contribution in [-0.4, -0.2) is 17.4 Å². The van der Waals surface area contributed by atoms with Gasteiger partial charge in [-0.15, -0.1) is 0 Å². The molecular formula is C28H19ClN2O2. The van der Waals surface area contributed by atoms with Crippen molar-refractivity contribution in [2.45, 2.75) is 6.54 Å². The lowest BCUT2D eigenvalue weighted by Crippen LogP contribution is -2.29. The Kier molecular flexibility index (Phi) is 5.59. The summed E-state index contributed by atoms with van der Waals surface area (Å²) in [5, 5.41) is 0.432. The van der Waals surface area contributed by atoms with Crippen LogP contribution in [0.25, 0.3) is 0 Å². The molecule has 0 aromatic heterocycles. The van der Waals surface area contributed by atoms with Crippen molar-refractivity contribution in [3.8, 4) is 0 Å². The van der Waals surface area contributed by atoms with E-state index in [0.717, 1.165) is 16.8 Å². The van der Waals surface area contributed by atoms with Gasteiger partial charge in [0.1, 0.15) is 5.71 Å². The summed E-state index contributed by atoms with van der Waals surface area (Å²) in [4.78, 5) is 33.1. The first-order valence-electron chi connectivity index (χ1n) is 10.5. The molecule has 0 radical (unpaired) electrons. The third kappa shape index (κ3) is 4.09. The van der Waals surface area contributed by atoms with Gasteiger partial charge in [-0.25, -0.2) is 4.99 Å². The van der Waals surface area contributed by atoms with Crippen LogP contribution in [0.5, 0.6) is 0 Å². The summed E-state index contributed by atoms with van der Waals surface area (Å²) in [6, 6.07) is 31.3. The van der Waals surface area contributed by atoms with Crippen LogP contribution < -0.4 is 4.90 Å². The molecule has 0 fully saturated rings. The maximum absolute atomic E-state index is 13.5. The predicted molar refractivity (Wildman–Crippen MR) is 132 cm³/mol. The monoisotopic (exact) mass is 450 g/mol. The van der Waals surface area contributed by atoms with Crippen LogP contribution in [0.2, 0.25) is 5.02 Å². The number of carbonyl (C=O) groups excluding carboxylic acids is 2. The Hall–Kier alpha value is -4.02. The van der Waals surface area contributed by atoms with E-state index >= 15 is 0 Å². The van der Waals surface area contributed by atoms with E-state index in [-0.39, 0.29) is 11.7 Å². The third-order valence-electron chi connectivity index (χ3n) is 5.55. The van der Waals surface area contributed by atoms with E-state index < -0.39 is 0 Å². The number of halogens is 1. The number of hydrogen-bond donors (Lipinski definition) is 0. The van der Waals surface area contributed by atoms with Crippen molar-refractivity contribution in [2.75, 3.05) is 4.90 Å². The van der Waals surface area contributed by atoms with Gasteiger partial charge in [-0.05, 0) is 29.8 Å². The van der Waals surface area contributed by atoms with Crippen molar-refractivity contribution < 1.29 is 9.59 Å². The summed E-state index contributed by atoms with van der Waals surface area (Å²) >= 11 is 6.21. The zero-order chi connectivity index (χ0) is 22.8. The smallest absolute Gasteiger partial charge is 0.277 e. The Morgan fingerprint density at radius 3 is 2.24 bits per heavy atom. The Morgan fingerprint density at radius 1 is 0.818 bits per heavy atom. The Morgan fingerprint density at radius 2 is 1.48 bits per heavy atom. The van der Waals surface area contributed by atoms with Gasteiger partial charge in [0, 0.05) is 21.7 Å². The van der Waals surface area contributed by atoms with Gasteiger partial charge >= 0.3 is 0 Å². The van der Waals surface area contributed by atoms with Crippen LogP contribution in [0.1, 0.15) is 27.0 Å². The first-order chi connectivity index (χ1) is 16.1. The molecule has 5 heteroatoms. The standard InChI is InChI=1S/C28H19ClN2O2/c29-21-15-16-24(23(17-21)27(32)20-11-5-2-6-12-20)30-26-22-13-7-8-14-25(22)31(28(26)33)18-19-9-3-1-4-10-19/h1-17H,18H2. The molecule has 1 amide bonds. The molecule has 0 saturated carbocycles. The summed E-state index contributed by atoms with van der Waals surface area (Å²) in [6.07, 6.45) is 0. The predicted octanol–water partition coefficient (Wildman–Crippen LogP) is 6.24. The van der Waals surface area contributed by atoms with Crippen LogP contribution in [0.4, 0.5) is 11.4 Å². The molecule has 0 atom stereocenters. The second kappa shape index (κ2) is 8.85. The maximum atomic E-state index is 13.5. The van der Waals surface area contributed by atoms with Crippen LogP contribution in [0, 0.1) is 0 Å². The van der Waals surface area contributed by atoms with Crippen molar-refractivity contribution in [3.05, 3.63) is 130 Å². The first kappa shape index (κ1) is 20.9. The highest BCUT2D eigenvalue weighted by atomic mass is 35.5. The topological polar surface area (TPSA) is 49.7 Å². The highest BCUT2D eigenvalue weighted by Gasteiger charge is 2.34. The van der Waals surface area contributed by atoms with Crippen LogP contribution in [-0.2, 0) is 11.3 Å². The van der Waals surface area contributed by atoms with Gasteiger partial charge in [0.25, 0.3) is 5.91 Å². The van der Waals surface area contributed by atoms with Gasteiger partial charge in [-0.2, -0.15) is 0 Å². The Bertz CT molecular complexity index is 1380. The lowest BCUT2D eigenvalue weighted by molar-refractivity contribution is -0.112. The fourth-order valence-electron chi connectivity index (χ4n) is 3.95. The lowest BCUT2D eigenvalue weighted by Gasteiger charge is -2.16. The van der Waals surface area contributed by atoms with E-state index in [0.29, 0.717) is 34.1 Å². The molecule has 0 saturated heterocycles. The summed E-state index contributed by atoms with van der Waals surface area (Å²) in [5.74, 6) is -0.398. The number of carbonyl (C=O) groups is 2. The van der Waals surface area contributed by atoms with Crippen molar-refractivity contribution in [3.63, 3.8) is 0 Å². The van der Waals surface area contributed by atoms with Crippen LogP contribution >= 0.6 is 11.6 Å². The Balaban J connectivity index is 1.59. The molecule has 33 heavy (non-hydrogen) atoms. The number of amides is 1. The average Bonchev–Trinajstić information content (AvgIpc) is 3.12. The number of nitrogens with zero attached hydrogens (tertiary/aromatic N) is 2. The van der Waals surface area contributed by atoms with E-state index in [9.17, 15) is 9.59 Å². The molecule has 0 spiro atoms. The number of ketones is 1. The van der Waals surface area contributed by atoms with Crippen LogP contribution in [0.15, 0.2) is 108 Å². The van der Waals surface area contributed by atoms with E-state index in [1.54, 1.807) is 35.2 Å². The van der Waals surface area contributed by atoms with Gasteiger partial charge in [-0.1, -0.05) is 90.5 Å². The van der Waals surface area contributed by atoms with Crippen molar-refractivity contribution >= 4 is 40.4 Å². The van der Waals surface area contributed by atoms with Gasteiger partial charge in [0.05, 0.1) is 17.9 Å². The molecule has 4 nitrogen and oxygen atoms in total. The number of aliphatic imine (C=N–C) groups is 1. The molecule has 1 aliphatic heterocycles. The van der Waals surface area contributed by atoms with Crippen LogP contribution in [0.3, 0.4) is 0 Å². The first-order valence-corrected chi connectivity index (χ1v) is 10.9. The van der Waals surface area contributed by atoms with Crippen molar-refractivity contribution in [2.24, 2.45) is 4.99 Å². The van der Waals surface area contributed by atoms with E-state index in [1.165, 1.54) is 0 Å². The van der Waals surface area contributed by atoms with Gasteiger partial charge in [0.2, 0.25) is 0 Å². The summed E-state index contributed by atoms with van der Waals surface area (Å²) in [6.45, 7) is 0.437. The van der Waals surface area contributed by atoms with Gasteiger partial charge in [0.15, 0.2) is 5.78 Å². The maximum Gasteiger partial charge on any atom is 0.277 e. The van der Waals surface area contributed by atoms with E-state index in [1.807, 2.05) is 72.8 Å². The lowest BCUT2D eigenvalue weighted by atomic mass is 10.0. The minimum atomic E-state index is -0.201. The van der Waals surface area contributed by atoms with Crippen molar-refractivity contribution in [1.82, 2.24) is 0 Å². The summed E-state index contributed by atoms with van der Waals surface area (Å²) in [7, 11) is 0. The molecule has 5 rings (SSSR count).